The van der Waals surface area contributed by atoms with Gasteiger partial charge in [0.05, 0.1) is 4.90 Å². The van der Waals surface area contributed by atoms with Gasteiger partial charge < -0.3 is 5.73 Å². The second kappa shape index (κ2) is 5.51. The third kappa shape index (κ3) is 3.28. The molecule has 1 fully saturated rings. The summed E-state index contributed by atoms with van der Waals surface area (Å²) in [5, 5.41) is 0. The summed E-state index contributed by atoms with van der Waals surface area (Å²) in [6.07, 6.45) is 4.70. The van der Waals surface area contributed by atoms with Crippen LogP contribution in [0.2, 0.25) is 0 Å². The Balaban J connectivity index is 2.10. The van der Waals surface area contributed by atoms with Crippen molar-refractivity contribution >= 4 is 15.7 Å². The monoisotopic (exact) mass is 282 g/mol. The van der Waals surface area contributed by atoms with E-state index in [-0.39, 0.29) is 0 Å². The minimum atomic E-state index is -3.42. The highest BCUT2D eigenvalue weighted by molar-refractivity contribution is 7.89. The predicted octanol–water partition coefficient (Wildman–Crippen LogP) is 2.35. The fourth-order valence-electron chi connectivity index (χ4n) is 2.66. The molecule has 0 spiro atoms. The van der Waals surface area contributed by atoms with Gasteiger partial charge in [0, 0.05) is 12.2 Å². The van der Waals surface area contributed by atoms with Crippen LogP contribution in [-0.2, 0) is 10.0 Å². The van der Waals surface area contributed by atoms with Crippen LogP contribution in [0.5, 0.6) is 0 Å². The number of hydrogen-bond donors (Lipinski definition) is 2. The van der Waals surface area contributed by atoms with Gasteiger partial charge in [-0.15, -0.1) is 0 Å². The highest BCUT2D eigenvalue weighted by Gasteiger charge is 2.21. The van der Waals surface area contributed by atoms with E-state index in [1.54, 1.807) is 26.0 Å². The van der Waals surface area contributed by atoms with E-state index in [0.717, 1.165) is 6.42 Å². The third-order valence-electron chi connectivity index (χ3n) is 3.82. The number of aryl methyl sites for hydroxylation is 2. The Morgan fingerprint density at radius 3 is 2.32 bits per heavy atom. The molecule has 3 N–H and O–H groups in total. The summed E-state index contributed by atoms with van der Waals surface area (Å²) >= 11 is 0. The standard InChI is InChI=1S/C14H22N2O2S/c1-10-8-13(15)9-11(2)14(10)19(17,18)16-7-6-12-4-3-5-12/h8-9,12,16H,3-7,15H2,1-2H3. The van der Waals surface area contributed by atoms with Gasteiger partial charge in [0.1, 0.15) is 0 Å². The molecular formula is C14H22N2O2S. The Morgan fingerprint density at radius 2 is 1.84 bits per heavy atom. The van der Waals surface area contributed by atoms with Crippen LogP contribution in [0.1, 0.15) is 36.8 Å². The van der Waals surface area contributed by atoms with Crippen LogP contribution in [0, 0.1) is 19.8 Å². The van der Waals surface area contributed by atoms with E-state index in [9.17, 15) is 8.42 Å². The molecular weight excluding hydrogens is 260 g/mol. The number of nitrogens with one attached hydrogen (secondary N) is 1. The van der Waals surface area contributed by atoms with Gasteiger partial charge in [0.25, 0.3) is 0 Å². The van der Waals surface area contributed by atoms with E-state index in [1.807, 2.05) is 0 Å². The first kappa shape index (κ1) is 14.3. The molecule has 1 aromatic carbocycles. The third-order valence-corrected chi connectivity index (χ3v) is 5.59. The fraction of sp³-hybridized carbons (Fsp3) is 0.571. The van der Waals surface area contributed by atoms with E-state index >= 15 is 0 Å². The van der Waals surface area contributed by atoms with Gasteiger partial charge in [-0.1, -0.05) is 19.3 Å². The van der Waals surface area contributed by atoms with Crippen LogP contribution < -0.4 is 10.5 Å². The first-order valence-electron chi connectivity index (χ1n) is 6.76. The molecule has 0 heterocycles. The summed E-state index contributed by atoms with van der Waals surface area (Å²) in [5.41, 5.74) is 7.73. The smallest absolute Gasteiger partial charge is 0.241 e. The minimum absolute atomic E-state index is 0.371. The van der Waals surface area contributed by atoms with E-state index in [0.29, 0.717) is 34.2 Å². The van der Waals surface area contributed by atoms with Crippen molar-refractivity contribution in [3.8, 4) is 0 Å². The number of hydrogen-bond acceptors (Lipinski definition) is 3. The van der Waals surface area contributed by atoms with Crippen molar-refractivity contribution in [1.29, 1.82) is 0 Å². The molecule has 4 nitrogen and oxygen atoms in total. The topological polar surface area (TPSA) is 72.2 Å². The van der Waals surface area contributed by atoms with Gasteiger partial charge in [0.2, 0.25) is 10.0 Å². The number of benzene rings is 1. The van der Waals surface area contributed by atoms with Crippen LogP contribution in [0.3, 0.4) is 0 Å². The van der Waals surface area contributed by atoms with E-state index in [4.69, 9.17) is 5.73 Å². The molecule has 1 aliphatic rings. The molecule has 1 aliphatic carbocycles. The first-order chi connectivity index (χ1) is 8.90. The molecule has 0 bridgehead atoms. The molecule has 0 atom stereocenters. The Bertz CT molecular complexity index is 540. The molecule has 0 unspecified atom stereocenters. The summed E-state index contributed by atoms with van der Waals surface area (Å²) < 4.78 is 27.3. The maximum Gasteiger partial charge on any atom is 0.241 e. The predicted molar refractivity (Wildman–Crippen MR) is 77.5 cm³/mol. The zero-order valence-electron chi connectivity index (χ0n) is 11.6. The van der Waals surface area contributed by atoms with E-state index < -0.39 is 10.0 Å². The zero-order valence-corrected chi connectivity index (χ0v) is 12.4. The molecule has 2 rings (SSSR count). The molecule has 5 heteroatoms. The maximum atomic E-state index is 12.3. The van der Waals surface area contributed by atoms with Gasteiger partial charge in [-0.25, -0.2) is 13.1 Å². The van der Waals surface area contributed by atoms with Gasteiger partial charge in [-0.2, -0.15) is 0 Å². The molecule has 0 aromatic heterocycles. The average molecular weight is 282 g/mol. The lowest BCUT2D eigenvalue weighted by Crippen LogP contribution is -2.28. The summed E-state index contributed by atoms with van der Waals surface area (Å²) in [5.74, 6) is 0.705. The number of nitrogens with two attached hydrogens (primary N) is 1. The lowest BCUT2D eigenvalue weighted by molar-refractivity contribution is 0.297. The Hall–Kier alpha value is -1.07. The summed E-state index contributed by atoms with van der Waals surface area (Å²) in [7, 11) is -3.42. The van der Waals surface area contributed by atoms with Crippen molar-refractivity contribution in [1.82, 2.24) is 4.72 Å². The molecule has 0 saturated heterocycles. The molecule has 19 heavy (non-hydrogen) atoms. The van der Waals surface area contributed by atoms with Crippen LogP contribution in [0.25, 0.3) is 0 Å². The van der Waals surface area contributed by atoms with Crippen molar-refractivity contribution in [2.75, 3.05) is 12.3 Å². The lowest BCUT2D eigenvalue weighted by atomic mass is 9.83. The van der Waals surface area contributed by atoms with Gasteiger partial charge >= 0.3 is 0 Å². The van der Waals surface area contributed by atoms with Crippen molar-refractivity contribution in [3.05, 3.63) is 23.3 Å². The number of sulfonamides is 1. The minimum Gasteiger partial charge on any atom is -0.399 e. The van der Waals surface area contributed by atoms with Crippen molar-refractivity contribution in [2.24, 2.45) is 5.92 Å². The van der Waals surface area contributed by atoms with E-state index in [2.05, 4.69) is 4.72 Å². The molecule has 0 amide bonds. The second-order valence-electron chi connectivity index (χ2n) is 5.47. The van der Waals surface area contributed by atoms with Gasteiger partial charge in [0.15, 0.2) is 0 Å². The van der Waals surface area contributed by atoms with E-state index in [1.165, 1.54) is 19.3 Å². The fourth-order valence-corrected chi connectivity index (χ4v) is 4.16. The number of anilines is 1. The highest BCUT2D eigenvalue weighted by Crippen LogP contribution is 2.29. The SMILES string of the molecule is Cc1cc(N)cc(C)c1S(=O)(=O)NCCC1CCC1. The van der Waals surface area contributed by atoms with Crippen LogP contribution in [-0.4, -0.2) is 15.0 Å². The van der Waals surface area contributed by atoms with Crippen LogP contribution in [0.15, 0.2) is 17.0 Å². The first-order valence-corrected chi connectivity index (χ1v) is 8.25. The van der Waals surface area contributed by atoms with Crippen molar-refractivity contribution in [2.45, 2.75) is 44.4 Å². The van der Waals surface area contributed by atoms with Crippen molar-refractivity contribution in [3.63, 3.8) is 0 Å². The Kier molecular flexibility index (Phi) is 4.16. The number of rotatable bonds is 5. The maximum absolute atomic E-state index is 12.3. The largest absolute Gasteiger partial charge is 0.399 e. The lowest BCUT2D eigenvalue weighted by Gasteiger charge is -2.25. The zero-order chi connectivity index (χ0) is 14.0. The van der Waals surface area contributed by atoms with Crippen molar-refractivity contribution < 1.29 is 8.42 Å². The summed E-state index contributed by atoms with van der Waals surface area (Å²) in [6, 6.07) is 3.40. The molecule has 106 valence electrons. The van der Waals surface area contributed by atoms with Crippen LogP contribution >= 0.6 is 0 Å². The second-order valence-corrected chi connectivity index (χ2v) is 7.17. The quantitative estimate of drug-likeness (QED) is 0.814. The highest BCUT2D eigenvalue weighted by atomic mass is 32.2. The van der Waals surface area contributed by atoms with Gasteiger partial charge in [-0.3, -0.25) is 0 Å². The Labute approximate surface area is 115 Å². The normalized spacial score (nSPS) is 16.3. The Morgan fingerprint density at radius 1 is 1.26 bits per heavy atom. The summed E-state index contributed by atoms with van der Waals surface area (Å²) in [6.45, 7) is 4.09. The molecule has 1 aromatic rings. The van der Waals surface area contributed by atoms with Crippen LogP contribution in [0.4, 0.5) is 5.69 Å². The molecule has 1 saturated carbocycles. The average Bonchev–Trinajstić information content (AvgIpc) is 2.19. The molecule has 0 aliphatic heterocycles. The molecule has 0 radical (unpaired) electrons. The summed E-state index contributed by atoms with van der Waals surface area (Å²) in [4.78, 5) is 0.371. The van der Waals surface area contributed by atoms with Gasteiger partial charge in [-0.05, 0) is 49.4 Å². The number of nitrogen functional groups attached to an aromatic ring is 1.